The second kappa shape index (κ2) is 4.94. The van der Waals surface area contributed by atoms with Gasteiger partial charge in [0.05, 0.1) is 12.8 Å². The predicted molar refractivity (Wildman–Crippen MR) is 76.0 cm³/mol. The van der Waals surface area contributed by atoms with Gasteiger partial charge >= 0.3 is 0 Å². The number of ether oxygens (including phenoxy) is 1. The number of nitrogens with zero attached hydrogens (tertiary/aromatic N) is 2. The van der Waals surface area contributed by atoms with Crippen molar-refractivity contribution in [1.82, 2.24) is 9.38 Å². The summed E-state index contributed by atoms with van der Waals surface area (Å²) in [6, 6.07) is 13.6. The number of fused-ring (bicyclic) bond motifs is 1. The van der Waals surface area contributed by atoms with Crippen LogP contribution >= 0.6 is 11.6 Å². The van der Waals surface area contributed by atoms with E-state index in [0.29, 0.717) is 0 Å². The Balaban J connectivity index is 1.95. The fourth-order valence-corrected chi connectivity index (χ4v) is 2.22. The van der Waals surface area contributed by atoms with Crippen LogP contribution in [0.2, 0.25) is 5.02 Å². The maximum atomic E-state index is 5.88. The zero-order chi connectivity index (χ0) is 13.2. The van der Waals surface area contributed by atoms with Crippen LogP contribution in [0, 0.1) is 0 Å². The molecule has 19 heavy (non-hydrogen) atoms. The largest absolute Gasteiger partial charge is 0.482 e. The average Bonchev–Trinajstić information content (AvgIpc) is 2.83. The fourth-order valence-electron chi connectivity index (χ4n) is 2.10. The lowest BCUT2D eigenvalue weighted by atomic mass is 10.1. The van der Waals surface area contributed by atoms with Gasteiger partial charge in [0.25, 0.3) is 0 Å². The third kappa shape index (κ3) is 2.42. The Morgan fingerprint density at radius 2 is 1.95 bits per heavy atom. The highest BCUT2D eigenvalue weighted by molar-refractivity contribution is 6.30. The molecule has 0 unspecified atom stereocenters. The van der Waals surface area contributed by atoms with E-state index in [0.717, 1.165) is 28.7 Å². The third-order valence-electron chi connectivity index (χ3n) is 3.01. The maximum Gasteiger partial charge on any atom is 0.198 e. The number of imidazole rings is 1. The number of rotatable bonds is 3. The SMILES string of the molecule is COc1cccc2nc(Cc3ccc(Cl)cc3)cn12. The molecule has 0 aliphatic rings. The number of aromatic nitrogens is 2. The maximum absolute atomic E-state index is 5.88. The van der Waals surface area contributed by atoms with Gasteiger partial charge in [0, 0.05) is 17.6 Å². The molecule has 0 bridgehead atoms. The van der Waals surface area contributed by atoms with E-state index in [1.807, 2.05) is 53.1 Å². The van der Waals surface area contributed by atoms with Crippen molar-refractivity contribution >= 4 is 17.2 Å². The number of hydrogen-bond acceptors (Lipinski definition) is 2. The van der Waals surface area contributed by atoms with Crippen molar-refractivity contribution in [3.8, 4) is 5.88 Å². The van der Waals surface area contributed by atoms with Crippen molar-refractivity contribution in [2.45, 2.75) is 6.42 Å². The summed E-state index contributed by atoms with van der Waals surface area (Å²) in [5, 5.41) is 0.750. The highest BCUT2D eigenvalue weighted by Gasteiger charge is 2.06. The quantitative estimate of drug-likeness (QED) is 0.728. The van der Waals surface area contributed by atoms with E-state index in [4.69, 9.17) is 16.3 Å². The number of pyridine rings is 1. The van der Waals surface area contributed by atoms with E-state index in [1.165, 1.54) is 5.56 Å². The fraction of sp³-hybridized carbons (Fsp3) is 0.133. The summed E-state index contributed by atoms with van der Waals surface area (Å²) in [6.45, 7) is 0. The Kier molecular flexibility index (Phi) is 3.13. The van der Waals surface area contributed by atoms with Gasteiger partial charge in [-0.2, -0.15) is 0 Å². The molecule has 0 aliphatic carbocycles. The average molecular weight is 273 g/mol. The van der Waals surface area contributed by atoms with Gasteiger partial charge in [0.1, 0.15) is 5.65 Å². The zero-order valence-corrected chi connectivity index (χ0v) is 11.3. The van der Waals surface area contributed by atoms with Crippen LogP contribution < -0.4 is 4.74 Å². The van der Waals surface area contributed by atoms with Crippen molar-refractivity contribution in [2.75, 3.05) is 7.11 Å². The molecule has 0 fully saturated rings. The van der Waals surface area contributed by atoms with E-state index < -0.39 is 0 Å². The minimum atomic E-state index is 0.750. The molecule has 0 radical (unpaired) electrons. The molecule has 96 valence electrons. The van der Waals surface area contributed by atoms with Crippen molar-refractivity contribution in [1.29, 1.82) is 0 Å². The smallest absolute Gasteiger partial charge is 0.198 e. The van der Waals surface area contributed by atoms with E-state index in [2.05, 4.69) is 4.98 Å². The van der Waals surface area contributed by atoms with Gasteiger partial charge in [0.2, 0.25) is 0 Å². The summed E-state index contributed by atoms with van der Waals surface area (Å²) in [5.74, 6) is 0.785. The summed E-state index contributed by atoms with van der Waals surface area (Å²) in [7, 11) is 1.66. The van der Waals surface area contributed by atoms with Crippen LogP contribution in [0.15, 0.2) is 48.7 Å². The van der Waals surface area contributed by atoms with Gasteiger partial charge in [-0.3, -0.25) is 4.40 Å². The van der Waals surface area contributed by atoms with E-state index in [9.17, 15) is 0 Å². The molecule has 4 heteroatoms. The van der Waals surface area contributed by atoms with Crippen molar-refractivity contribution in [3.63, 3.8) is 0 Å². The summed E-state index contributed by atoms with van der Waals surface area (Å²) < 4.78 is 7.26. The standard InChI is InChI=1S/C15H13ClN2O/c1-19-15-4-2-3-14-17-13(10-18(14)15)9-11-5-7-12(16)8-6-11/h2-8,10H,9H2,1H3. The molecule has 0 spiro atoms. The molecule has 3 aromatic rings. The Bertz CT molecular complexity index is 704. The first-order chi connectivity index (χ1) is 9.26. The van der Waals surface area contributed by atoms with Gasteiger partial charge in [0.15, 0.2) is 5.88 Å². The number of hydrogen-bond donors (Lipinski definition) is 0. The molecule has 1 aromatic carbocycles. The molecular formula is C15H13ClN2O. The molecule has 2 heterocycles. The molecule has 0 amide bonds. The van der Waals surface area contributed by atoms with Gasteiger partial charge < -0.3 is 4.74 Å². The first kappa shape index (κ1) is 12.1. The number of benzene rings is 1. The predicted octanol–water partition coefficient (Wildman–Crippen LogP) is 3.59. The first-order valence-corrected chi connectivity index (χ1v) is 6.39. The highest BCUT2D eigenvalue weighted by Crippen LogP contribution is 2.18. The van der Waals surface area contributed by atoms with Gasteiger partial charge in [-0.1, -0.05) is 29.8 Å². The molecular weight excluding hydrogens is 260 g/mol. The Morgan fingerprint density at radius 3 is 2.68 bits per heavy atom. The van der Waals surface area contributed by atoms with Crippen LogP contribution in [0.4, 0.5) is 0 Å². The number of halogens is 1. The Morgan fingerprint density at radius 1 is 1.16 bits per heavy atom. The second-order valence-electron chi connectivity index (χ2n) is 4.33. The van der Waals surface area contributed by atoms with Crippen LogP contribution in [0.5, 0.6) is 5.88 Å². The zero-order valence-electron chi connectivity index (χ0n) is 10.5. The Hall–Kier alpha value is -2.00. The molecule has 0 saturated heterocycles. The Labute approximate surface area is 116 Å². The van der Waals surface area contributed by atoms with Gasteiger partial charge in [-0.25, -0.2) is 4.98 Å². The molecule has 0 aliphatic heterocycles. The lowest BCUT2D eigenvalue weighted by molar-refractivity contribution is 0.392. The lowest BCUT2D eigenvalue weighted by Gasteiger charge is -2.01. The molecule has 3 nitrogen and oxygen atoms in total. The third-order valence-corrected chi connectivity index (χ3v) is 3.26. The minimum Gasteiger partial charge on any atom is -0.482 e. The second-order valence-corrected chi connectivity index (χ2v) is 4.77. The molecule has 0 N–H and O–H groups in total. The van der Waals surface area contributed by atoms with Crippen LogP contribution in [0.25, 0.3) is 5.65 Å². The van der Waals surface area contributed by atoms with Crippen LogP contribution in [0.3, 0.4) is 0 Å². The van der Waals surface area contributed by atoms with Gasteiger partial charge in [-0.05, 0) is 29.8 Å². The molecule has 0 atom stereocenters. The van der Waals surface area contributed by atoms with Crippen LogP contribution in [-0.2, 0) is 6.42 Å². The normalized spacial score (nSPS) is 10.8. The van der Waals surface area contributed by atoms with Crippen molar-refractivity contribution in [2.24, 2.45) is 0 Å². The van der Waals surface area contributed by atoms with Crippen LogP contribution in [0.1, 0.15) is 11.3 Å². The topological polar surface area (TPSA) is 26.5 Å². The summed E-state index contributed by atoms with van der Waals surface area (Å²) in [6.07, 6.45) is 2.78. The summed E-state index contributed by atoms with van der Waals surface area (Å²) in [4.78, 5) is 4.59. The van der Waals surface area contributed by atoms with Crippen molar-refractivity contribution < 1.29 is 4.74 Å². The van der Waals surface area contributed by atoms with E-state index in [1.54, 1.807) is 7.11 Å². The molecule has 2 aromatic heterocycles. The van der Waals surface area contributed by atoms with E-state index in [-0.39, 0.29) is 0 Å². The number of methoxy groups -OCH3 is 1. The van der Waals surface area contributed by atoms with Crippen LogP contribution in [-0.4, -0.2) is 16.5 Å². The minimum absolute atomic E-state index is 0.750. The van der Waals surface area contributed by atoms with Crippen molar-refractivity contribution in [3.05, 3.63) is 64.9 Å². The first-order valence-electron chi connectivity index (χ1n) is 6.02. The molecule has 0 saturated carbocycles. The van der Waals surface area contributed by atoms with Gasteiger partial charge in [-0.15, -0.1) is 0 Å². The highest BCUT2D eigenvalue weighted by atomic mass is 35.5. The molecule has 3 rings (SSSR count). The lowest BCUT2D eigenvalue weighted by Crippen LogP contribution is -1.91. The summed E-state index contributed by atoms with van der Waals surface area (Å²) >= 11 is 5.88. The summed E-state index contributed by atoms with van der Waals surface area (Å²) in [5.41, 5.74) is 3.09. The monoisotopic (exact) mass is 272 g/mol. The van der Waals surface area contributed by atoms with E-state index >= 15 is 0 Å².